The number of carbonyl (C=O) groups excluding carboxylic acids is 1. The lowest BCUT2D eigenvalue weighted by Crippen LogP contribution is -2.43. The number of H-pyrrole nitrogens is 1. The van der Waals surface area contributed by atoms with Gasteiger partial charge in [-0.2, -0.15) is 0 Å². The second-order valence-electron chi connectivity index (χ2n) is 5.81. The van der Waals surface area contributed by atoms with E-state index in [4.69, 9.17) is 0 Å². The van der Waals surface area contributed by atoms with Crippen LogP contribution in [0.4, 0.5) is 0 Å². The summed E-state index contributed by atoms with van der Waals surface area (Å²) in [7, 11) is 1.40. The summed E-state index contributed by atoms with van der Waals surface area (Å²) in [6.07, 6.45) is 5.25. The number of nitrogens with one attached hydrogen (secondary N) is 2. The van der Waals surface area contributed by atoms with E-state index in [0.717, 1.165) is 18.3 Å². The Bertz CT molecular complexity index is 459. The van der Waals surface area contributed by atoms with Gasteiger partial charge in [0.1, 0.15) is 5.69 Å². The molecule has 1 aliphatic carbocycles. The van der Waals surface area contributed by atoms with E-state index in [2.05, 4.69) is 19.9 Å². The normalized spacial score (nSPS) is 21.1. The first-order valence-corrected chi connectivity index (χ1v) is 7.50. The van der Waals surface area contributed by atoms with Crippen LogP contribution >= 0.6 is 0 Å². The summed E-state index contributed by atoms with van der Waals surface area (Å²) >= 11 is 0. The molecule has 2 fully saturated rings. The topological polar surface area (TPSA) is 57.4 Å². The molecule has 3 rings (SSSR count). The zero-order chi connectivity index (χ0) is 13.9. The average Bonchev–Trinajstić information content (AvgIpc) is 3.23. The van der Waals surface area contributed by atoms with Crippen LogP contribution in [-0.2, 0) is 11.3 Å². The number of nitrogens with zero attached hydrogens (tertiary/aromatic N) is 1. The molecule has 0 unspecified atom stereocenters. The molecule has 0 radical (unpaired) electrons. The zero-order valence-electron chi connectivity index (χ0n) is 12.0. The van der Waals surface area contributed by atoms with Gasteiger partial charge in [0.15, 0.2) is 0 Å². The third kappa shape index (κ3) is 3.22. The first-order chi connectivity index (χ1) is 9.76. The lowest BCUT2D eigenvalue weighted by Gasteiger charge is -2.32. The van der Waals surface area contributed by atoms with Gasteiger partial charge in [-0.3, -0.25) is 0 Å². The van der Waals surface area contributed by atoms with Crippen LogP contribution in [0.25, 0.3) is 0 Å². The van der Waals surface area contributed by atoms with Crippen molar-refractivity contribution in [1.82, 2.24) is 15.2 Å². The Morgan fingerprint density at radius 2 is 2.10 bits per heavy atom. The minimum atomic E-state index is -0.311. The van der Waals surface area contributed by atoms with E-state index in [1.165, 1.54) is 45.9 Å². The molecule has 0 amide bonds. The van der Waals surface area contributed by atoms with Crippen molar-refractivity contribution in [2.24, 2.45) is 0 Å². The first-order valence-electron chi connectivity index (χ1n) is 7.50. The summed E-state index contributed by atoms with van der Waals surface area (Å²) in [6.45, 7) is 3.23. The van der Waals surface area contributed by atoms with E-state index >= 15 is 0 Å². The summed E-state index contributed by atoms with van der Waals surface area (Å²) in [5, 5.41) is 3.58. The van der Waals surface area contributed by atoms with E-state index in [1.807, 2.05) is 6.07 Å². The zero-order valence-corrected chi connectivity index (χ0v) is 12.0. The van der Waals surface area contributed by atoms with Crippen LogP contribution in [0.5, 0.6) is 0 Å². The Morgan fingerprint density at radius 3 is 2.75 bits per heavy atom. The van der Waals surface area contributed by atoms with Gasteiger partial charge >= 0.3 is 5.97 Å². The second-order valence-corrected chi connectivity index (χ2v) is 5.81. The number of rotatable bonds is 5. The van der Waals surface area contributed by atoms with Gasteiger partial charge in [-0.25, -0.2) is 4.79 Å². The van der Waals surface area contributed by atoms with E-state index in [9.17, 15) is 4.79 Å². The minimum Gasteiger partial charge on any atom is -0.464 e. The van der Waals surface area contributed by atoms with E-state index < -0.39 is 0 Å². The SMILES string of the molecule is COC(=O)c1ccc(CNC2CCN(C3CC3)CC2)[nH]1. The molecule has 2 aliphatic rings. The van der Waals surface area contributed by atoms with Crippen molar-refractivity contribution in [3.8, 4) is 0 Å². The van der Waals surface area contributed by atoms with Gasteiger partial charge in [-0.05, 0) is 50.9 Å². The van der Waals surface area contributed by atoms with Crippen LogP contribution in [-0.4, -0.2) is 48.1 Å². The molecule has 1 aliphatic heterocycles. The van der Waals surface area contributed by atoms with Crippen LogP contribution in [0, 0.1) is 0 Å². The molecule has 5 nitrogen and oxygen atoms in total. The average molecular weight is 277 g/mol. The van der Waals surface area contributed by atoms with E-state index in [-0.39, 0.29) is 5.97 Å². The Hall–Kier alpha value is -1.33. The quantitative estimate of drug-likeness (QED) is 0.801. The maximum Gasteiger partial charge on any atom is 0.354 e. The fourth-order valence-electron chi connectivity index (χ4n) is 2.94. The minimum absolute atomic E-state index is 0.311. The van der Waals surface area contributed by atoms with Crippen LogP contribution in [0.3, 0.4) is 0 Å². The van der Waals surface area contributed by atoms with E-state index in [1.54, 1.807) is 6.07 Å². The van der Waals surface area contributed by atoms with Crippen LogP contribution < -0.4 is 5.32 Å². The molecule has 1 saturated carbocycles. The van der Waals surface area contributed by atoms with Crippen molar-refractivity contribution in [1.29, 1.82) is 0 Å². The highest BCUT2D eigenvalue weighted by atomic mass is 16.5. The number of ether oxygens (including phenoxy) is 1. The van der Waals surface area contributed by atoms with Gasteiger partial charge in [0.2, 0.25) is 0 Å². The highest BCUT2D eigenvalue weighted by Gasteiger charge is 2.31. The summed E-state index contributed by atoms with van der Waals surface area (Å²) in [4.78, 5) is 17.1. The summed E-state index contributed by atoms with van der Waals surface area (Å²) in [5.74, 6) is -0.311. The lowest BCUT2D eigenvalue weighted by molar-refractivity contribution is 0.0594. The first kappa shape index (κ1) is 13.6. The number of aromatic amines is 1. The van der Waals surface area contributed by atoms with Crippen LogP contribution in [0.1, 0.15) is 41.9 Å². The highest BCUT2D eigenvalue weighted by Crippen LogP contribution is 2.29. The fraction of sp³-hybridized carbons (Fsp3) is 0.667. The summed E-state index contributed by atoms with van der Waals surface area (Å²) in [5.41, 5.74) is 1.56. The molecule has 5 heteroatoms. The molecule has 0 atom stereocenters. The molecule has 1 aromatic heterocycles. The van der Waals surface area contributed by atoms with Gasteiger partial charge in [0.25, 0.3) is 0 Å². The molecule has 0 spiro atoms. The standard InChI is InChI=1S/C15H23N3O2/c1-20-15(19)14-5-2-12(17-14)10-16-11-6-8-18(9-7-11)13-3-4-13/h2,5,11,13,16-17H,3-4,6-10H2,1H3. The smallest absolute Gasteiger partial charge is 0.354 e. The Morgan fingerprint density at radius 1 is 1.35 bits per heavy atom. The van der Waals surface area contributed by atoms with Crippen molar-refractivity contribution in [2.45, 2.75) is 44.3 Å². The number of likely N-dealkylation sites (tertiary alicyclic amines) is 1. The fourth-order valence-corrected chi connectivity index (χ4v) is 2.94. The van der Waals surface area contributed by atoms with Crippen LogP contribution in [0.2, 0.25) is 0 Å². The number of methoxy groups -OCH3 is 1. The number of esters is 1. The highest BCUT2D eigenvalue weighted by molar-refractivity contribution is 5.87. The number of carbonyl (C=O) groups is 1. The molecule has 2 heterocycles. The van der Waals surface area contributed by atoms with Crippen molar-refractivity contribution < 1.29 is 9.53 Å². The molecule has 2 N–H and O–H groups in total. The number of hydrogen-bond donors (Lipinski definition) is 2. The van der Waals surface area contributed by atoms with Crippen LogP contribution in [0.15, 0.2) is 12.1 Å². The van der Waals surface area contributed by atoms with Crippen molar-refractivity contribution in [3.63, 3.8) is 0 Å². The van der Waals surface area contributed by atoms with Crippen molar-refractivity contribution in [3.05, 3.63) is 23.5 Å². The molecule has 0 bridgehead atoms. The molecular weight excluding hydrogens is 254 g/mol. The maximum atomic E-state index is 11.4. The van der Waals surface area contributed by atoms with Crippen molar-refractivity contribution >= 4 is 5.97 Å². The number of piperidine rings is 1. The van der Waals surface area contributed by atoms with Crippen molar-refractivity contribution in [2.75, 3.05) is 20.2 Å². The molecular formula is C15H23N3O2. The molecule has 20 heavy (non-hydrogen) atoms. The largest absolute Gasteiger partial charge is 0.464 e. The summed E-state index contributed by atoms with van der Waals surface area (Å²) < 4.78 is 4.69. The van der Waals surface area contributed by atoms with Gasteiger partial charge in [0, 0.05) is 24.3 Å². The molecule has 1 saturated heterocycles. The Kier molecular flexibility index (Phi) is 4.08. The van der Waals surface area contributed by atoms with Gasteiger partial charge in [-0.15, -0.1) is 0 Å². The predicted octanol–water partition coefficient (Wildman–Crippen LogP) is 1.52. The summed E-state index contributed by atoms with van der Waals surface area (Å²) in [6, 6.07) is 5.20. The lowest BCUT2D eigenvalue weighted by atomic mass is 10.0. The Balaban J connectivity index is 1.43. The maximum absolute atomic E-state index is 11.4. The van der Waals surface area contributed by atoms with Gasteiger partial charge in [-0.1, -0.05) is 0 Å². The third-order valence-corrected chi connectivity index (χ3v) is 4.33. The number of hydrogen-bond acceptors (Lipinski definition) is 4. The molecule has 110 valence electrons. The second kappa shape index (κ2) is 5.97. The Labute approximate surface area is 119 Å². The monoisotopic (exact) mass is 277 g/mol. The van der Waals surface area contributed by atoms with E-state index in [0.29, 0.717) is 11.7 Å². The predicted molar refractivity (Wildman–Crippen MR) is 76.6 cm³/mol. The number of aromatic nitrogens is 1. The molecule has 0 aromatic carbocycles. The van der Waals surface area contributed by atoms with Gasteiger partial charge in [0.05, 0.1) is 7.11 Å². The third-order valence-electron chi connectivity index (χ3n) is 4.33. The molecule has 1 aromatic rings. The van der Waals surface area contributed by atoms with Gasteiger partial charge < -0.3 is 19.9 Å².